The molecule has 2 heterocycles. The van der Waals surface area contributed by atoms with Crippen LogP contribution in [0.4, 0.5) is 5.82 Å². The summed E-state index contributed by atoms with van der Waals surface area (Å²) in [5.41, 5.74) is 1.46. The van der Waals surface area contributed by atoms with Crippen LogP contribution in [0.15, 0.2) is 42.7 Å². The van der Waals surface area contributed by atoms with Crippen LogP contribution in [0.25, 0.3) is 10.9 Å². The lowest BCUT2D eigenvalue weighted by atomic mass is 10.1. The molecule has 5 nitrogen and oxygen atoms in total. The highest BCUT2D eigenvalue weighted by atomic mass is 15.0. The van der Waals surface area contributed by atoms with Crippen molar-refractivity contribution in [1.82, 2.24) is 15.0 Å². The molecule has 0 spiro atoms. The summed E-state index contributed by atoms with van der Waals surface area (Å²) in [5.74, 6) is 1.64. The minimum Gasteiger partial charge on any atom is -0.370 e. The number of para-hydroxylation sites is 1. The average Bonchev–Trinajstić information content (AvgIpc) is 2.99. The Morgan fingerprint density at radius 1 is 1.30 bits per heavy atom. The molecular formula is C15H13N5. The van der Waals surface area contributed by atoms with E-state index in [9.17, 15) is 5.26 Å². The fourth-order valence-electron chi connectivity index (χ4n) is 2.10. The van der Waals surface area contributed by atoms with E-state index in [-0.39, 0.29) is 0 Å². The van der Waals surface area contributed by atoms with E-state index in [2.05, 4.69) is 26.3 Å². The van der Waals surface area contributed by atoms with E-state index >= 15 is 0 Å². The second-order valence-electron chi connectivity index (χ2n) is 4.40. The van der Waals surface area contributed by atoms with Crippen LogP contribution in [0.3, 0.4) is 0 Å². The molecular weight excluding hydrogens is 250 g/mol. The zero-order valence-corrected chi connectivity index (χ0v) is 10.8. The molecule has 0 bridgehead atoms. The quantitative estimate of drug-likeness (QED) is 0.758. The summed E-state index contributed by atoms with van der Waals surface area (Å²) < 4.78 is 0. The highest BCUT2D eigenvalue weighted by molar-refractivity contribution is 5.86. The van der Waals surface area contributed by atoms with Gasteiger partial charge < -0.3 is 10.3 Å². The molecule has 1 aromatic carbocycles. The van der Waals surface area contributed by atoms with Crippen LogP contribution in [0.1, 0.15) is 11.4 Å². The molecule has 0 aliphatic heterocycles. The van der Waals surface area contributed by atoms with Crippen molar-refractivity contribution in [3.8, 4) is 6.07 Å². The van der Waals surface area contributed by atoms with Gasteiger partial charge >= 0.3 is 0 Å². The maximum absolute atomic E-state index is 9.22. The van der Waals surface area contributed by atoms with Gasteiger partial charge in [0.25, 0.3) is 0 Å². The van der Waals surface area contributed by atoms with E-state index < -0.39 is 0 Å². The van der Waals surface area contributed by atoms with E-state index in [0.717, 1.165) is 23.1 Å². The fourth-order valence-corrected chi connectivity index (χ4v) is 2.10. The molecule has 0 radical (unpaired) electrons. The Labute approximate surface area is 116 Å². The van der Waals surface area contributed by atoms with Crippen molar-refractivity contribution in [3.63, 3.8) is 0 Å². The monoisotopic (exact) mass is 263 g/mol. The third-order valence-electron chi connectivity index (χ3n) is 3.06. The van der Waals surface area contributed by atoms with E-state index in [1.54, 1.807) is 18.5 Å². The number of nitrogens with zero attached hydrogens (tertiary/aromatic N) is 3. The van der Waals surface area contributed by atoms with Crippen LogP contribution < -0.4 is 5.32 Å². The van der Waals surface area contributed by atoms with Crippen LogP contribution >= 0.6 is 0 Å². The van der Waals surface area contributed by atoms with Gasteiger partial charge in [0.1, 0.15) is 11.6 Å². The predicted molar refractivity (Wildman–Crippen MR) is 77.2 cm³/mol. The molecule has 3 rings (SSSR count). The van der Waals surface area contributed by atoms with Gasteiger partial charge in [-0.2, -0.15) is 5.26 Å². The standard InChI is InChI=1S/C15H13N5/c16-10-11-9-15(17-6-5-14-18-7-8-19-14)20-13-4-2-1-3-12(11)13/h1-4,7-9H,5-6H2,(H,17,20)(H,18,19). The zero-order valence-electron chi connectivity index (χ0n) is 10.8. The highest BCUT2D eigenvalue weighted by Crippen LogP contribution is 2.19. The van der Waals surface area contributed by atoms with Gasteiger partial charge in [0, 0.05) is 30.7 Å². The smallest absolute Gasteiger partial charge is 0.127 e. The number of anilines is 1. The first-order valence-corrected chi connectivity index (χ1v) is 6.39. The maximum Gasteiger partial charge on any atom is 0.127 e. The van der Waals surface area contributed by atoms with Crippen LogP contribution in [-0.2, 0) is 6.42 Å². The van der Waals surface area contributed by atoms with Crippen molar-refractivity contribution in [2.24, 2.45) is 0 Å². The third kappa shape index (κ3) is 2.45. The Bertz CT molecular complexity index is 756. The third-order valence-corrected chi connectivity index (χ3v) is 3.06. The molecule has 0 unspecified atom stereocenters. The first-order chi connectivity index (χ1) is 9.86. The Balaban J connectivity index is 1.80. The number of hydrogen-bond donors (Lipinski definition) is 2. The van der Waals surface area contributed by atoms with Crippen LogP contribution in [0.2, 0.25) is 0 Å². The molecule has 20 heavy (non-hydrogen) atoms. The van der Waals surface area contributed by atoms with Crippen molar-refractivity contribution < 1.29 is 0 Å². The first kappa shape index (κ1) is 12.2. The number of nitriles is 1. The molecule has 3 aromatic rings. The minimum absolute atomic E-state index is 0.635. The van der Waals surface area contributed by atoms with E-state index in [1.807, 2.05) is 24.3 Å². The van der Waals surface area contributed by atoms with E-state index in [1.165, 1.54) is 0 Å². The van der Waals surface area contributed by atoms with Crippen molar-refractivity contribution >= 4 is 16.7 Å². The summed E-state index contributed by atoms with van der Waals surface area (Å²) in [7, 11) is 0. The number of benzene rings is 1. The van der Waals surface area contributed by atoms with E-state index in [4.69, 9.17) is 0 Å². The van der Waals surface area contributed by atoms with Crippen LogP contribution in [0, 0.1) is 11.3 Å². The van der Waals surface area contributed by atoms with Crippen LogP contribution in [0.5, 0.6) is 0 Å². The Kier molecular flexibility index (Phi) is 3.29. The van der Waals surface area contributed by atoms with Crippen molar-refractivity contribution in [2.45, 2.75) is 6.42 Å². The number of nitrogens with one attached hydrogen (secondary N) is 2. The van der Waals surface area contributed by atoms with Gasteiger partial charge in [-0.1, -0.05) is 18.2 Å². The van der Waals surface area contributed by atoms with Crippen LogP contribution in [-0.4, -0.2) is 21.5 Å². The molecule has 0 saturated carbocycles. The molecule has 0 saturated heterocycles. The largest absolute Gasteiger partial charge is 0.370 e. The van der Waals surface area contributed by atoms with Gasteiger partial charge in [-0.05, 0) is 12.1 Å². The Morgan fingerprint density at radius 2 is 2.20 bits per heavy atom. The first-order valence-electron chi connectivity index (χ1n) is 6.39. The number of imidazole rings is 1. The summed E-state index contributed by atoms with van der Waals surface area (Å²) in [5, 5.41) is 13.3. The summed E-state index contributed by atoms with van der Waals surface area (Å²) in [6.45, 7) is 0.712. The Morgan fingerprint density at radius 3 is 3.00 bits per heavy atom. The van der Waals surface area contributed by atoms with Gasteiger partial charge in [-0.25, -0.2) is 9.97 Å². The average molecular weight is 263 g/mol. The molecule has 0 aliphatic rings. The molecule has 0 amide bonds. The topological polar surface area (TPSA) is 77.4 Å². The van der Waals surface area contributed by atoms with Gasteiger partial charge in [0.2, 0.25) is 0 Å². The molecule has 0 aliphatic carbocycles. The number of aromatic amines is 1. The number of H-pyrrole nitrogens is 1. The van der Waals surface area contributed by atoms with Crippen molar-refractivity contribution in [1.29, 1.82) is 5.26 Å². The number of pyridine rings is 1. The lowest BCUT2D eigenvalue weighted by molar-refractivity contribution is 0.923. The fraction of sp³-hybridized carbons (Fsp3) is 0.133. The maximum atomic E-state index is 9.22. The molecule has 0 atom stereocenters. The normalized spacial score (nSPS) is 10.3. The highest BCUT2D eigenvalue weighted by Gasteiger charge is 2.04. The van der Waals surface area contributed by atoms with Gasteiger partial charge in [0.15, 0.2) is 0 Å². The molecule has 98 valence electrons. The van der Waals surface area contributed by atoms with Gasteiger partial charge in [-0.3, -0.25) is 0 Å². The molecule has 2 aromatic heterocycles. The summed E-state index contributed by atoms with van der Waals surface area (Å²) in [4.78, 5) is 11.7. The summed E-state index contributed by atoms with van der Waals surface area (Å²) in [6.07, 6.45) is 4.32. The molecule has 0 fully saturated rings. The number of hydrogen-bond acceptors (Lipinski definition) is 4. The molecule has 5 heteroatoms. The SMILES string of the molecule is N#Cc1cc(NCCc2ncc[nH]2)nc2ccccc12. The second kappa shape index (κ2) is 5.41. The zero-order chi connectivity index (χ0) is 13.8. The Hall–Kier alpha value is -2.87. The predicted octanol–water partition coefficient (Wildman–Crippen LogP) is 2.48. The minimum atomic E-state index is 0.635. The second-order valence-corrected chi connectivity index (χ2v) is 4.40. The number of aromatic nitrogens is 3. The number of rotatable bonds is 4. The summed E-state index contributed by atoms with van der Waals surface area (Å²) in [6, 6.07) is 11.7. The summed E-state index contributed by atoms with van der Waals surface area (Å²) >= 11 is 0. The van der Waals surface area contributed by atoms with Crippen molar-refractivity contribution in [2.75, 3.05) is 11.9 Å². The van der Waals surface area contributed by atoms with Gasteiger partial charge in [-0.15, -0.1) is 0 Å². The van der Waals surface area contributed by atoms with Gasteiger partial charge in [0.05, 0.1) is 17.1 Å². The van der Waals surface area contributed by atoms with Crippen molar-refractivity contribution in [3.05, 3.63) is 54.1 Å². The number of fused-ring (bicyclic) bond motifs is 1. The lowest BCUT2D eigenvalue weighted by Gasteiger charge is -2.07. The van der Waals surface area contributed by atoms with E-state index in [0.29, 0.717) is 17.9 Å². The molecule has 2 N–H and O–H groups in total. The lowest BCUT2D eigenvalue weighted by Crippen LogP contribution is -2.07.